The summed E-state index contributed by atoms with van der Waals surface area (Å²) in [5, 5.41) is 0.607. The standard InChI is InChI=1S/C19H18F2N4O3S/c1-2-29(27,28)24-18(26)14-10-22-17(25-11-15(21)19(25)8-3-9-19)16(23-14)12-4-6-13(20)7-5-12/h2,4-7,10,15H,1,3,8-9,11H2,(H,24,26). The number of hydrogen-bond acceptors (Lipinski definition) is 6. The first-order chi connectivity index (χ1) is 13.8. The minimum Gasteiger partial charge on any atom is -0.343 e. The van der Waals surface area contributed by atoms with Crippen molar-refractivity contribution in [3.63, 3.8) is 0 Å². The molecule has 1 amide bonds. The molecular weight excluding hydrogens is 402 g/mol. The minimum absolute atomic E-state index is 0.152. The van der Waals surface area contributed by atoms with Gasteiger partial charge >= 0.3 is 0 Å². The van der Waals surface area contributed by atoms with Gasteiger partial charge in [0.25, 0.3) is 15.9 Å². The summed E-state index contributed by atoms with van der Waals surface area (Å²) >= 11 is 0. The van der Waals surface area contributed by atoms with E-state index in [4.69, 9.17) is 0 Å². The average molecular weight is 420 g/mol. The fourth-order valence-electron chi connectivity index (χ4n) is 3.70. The Morgan fingerprint density at radius 1 is 1.31 bits per heavy atom. The summed E-state index contributed by atoms with van der Waals surface area (Å²) in [5.41, 5.74) is -0.114. The molecule has 0 bridgehead atoms. The van der Waals surface area contributed by atoms with E-state index in [0.717, 1.165) is 12.6 Å². The number of alkyl halides is 1. The lowest BCUT2D eigenvalue weighted by molar-refractivity contribution is 0.0334. The molecule has 2 aromatic rings. The van der Waals surface area contributed by atoms with Crippen molar-refractivity contribution in [2.45, 2.75) is 31.0 Å². The molecular formula is C19H18F2N4O3S. The monoisotopic (exact) mass is 420 g/mol. The molecule has 1 aliphatic heterocycles. The first-order valence-electron chi connectivity index (χ1n) is 9.00. The van der Waals surface area contributed by atoms with Gasteiger partial charge in [0, 0.05) is 11.0 Å². The number of nitrogens with one attached hydrogen (secondary N) is 1. The third kappa shape index (κ3) is 3.27. The predicted octanol–water partition coefficient (Wildman–Crippen LogP) is 2.57. The van der Waals surface area contributed by atoms with Crippen molar-refractivity contribution in [3.05, 3.63) is 54.0 Å². The van der Waals surface area contributed by atoms with Crippen LogP contribution in [0.1, 0.15) is 29.8 Å². The van der Waals surface area contributed by atoms with Crippen LogP contribution in [0.2, 0.25) is 0 Å². The number of sulfonamides is 1. The van der Waals surface area contributed by atoms with Gasteiger partial charge in [0.05, 0.1) is 18.3 Å². The van der Waals surface area contributed by atoms with E-state index < -0.39 is 33.5 Å². The summed E-state index contributed by atoms with van der Waals surface area (Å²) in [5.74, 6) is -1.04. The molecule has 1 aliphatic carbocycles. The molecule has 7 nitrogen and oxygen atoms in total. The number of nitrogens with zero attached hydrogens (tertiary/aromatic N) is 3. The molecule has 1 N–H and O–H groups in total. The minimum atomic E-state index is -4.00. The zero-order chi connectivity index (χ0) is 20.8. The van der Waals surface area contributed by atoms with Gasteiger partial charge in [0.1, 0.15) is 23.4 Å². The molecule has 1 spiro atoms. The number of rotatable bonds is 5. The lowest BCUT2D eigenvalue weighted by atomic mass is 9.66. The van der Waals surface area contributed by atoms with Crippen LogP contribution >= 0.6 is 0 Å². The SMILES string of the molecule is C=CS(=O)(=O)NC(=O)c1cnc(N2CC(F)C23CCC3)c(-c2ccc(F)cc2)n1. The maximum atomic E-state index is 14.3. The van der Waals surface area contributed by atoms with Crippen molar-refractivity contribution in [2.75, 3.05) is 11.4 Å². The van der Waals surface area contributed by atoms with E-state index in [2.05, 4.69) is 16.5 Å². The van der Waals surface area contributed by atoms with E-state index in [1.54, 1.807) is 0 Å². The predicted molar refractivity (Wildman–Crippen MR) is 103 cm³/mol. The Morgan fingerprint density at radius 3 is 2.55 bits per heavy atom. The fraction of sp³-hybridized carbons (Fsp3) is 0.316. The highest BCUT2D eigenvalue weighted by atomic mass is 32.2. The Balaban J connectivity index is 1.76. The summed E-state index contributed by atoms with van der Waals surface area (Å²) in [6, 6.07) is 5.43. The molecule has 1 aromatic carbocycles. The number of carbonyl (C=O) groups is 1. The second-order valence-corrected chi connectivity index (χ2v) is 8.74. The highest BCUT2D eigenvalue weighted by Gasteiger charge is 2.58. The second kappa shape index (κ2) is 6.87. The molecule has 1 unspecified atom stereocenters. The number of anilines is 1. The van der Waals surface area contributed by atoms with E-state index in [-0.39, 0.29) is 17.9 Å². The number of amides is 1. The summed E-state index contributed by atoms with van der Waals surface area (Å²) < 4.78 is 52.6. The number of hydrogen-bond donors (Lipinski definition) is 1. The Kier molecular flexibility index (Phi) is 4.60. The van der Waals surface area contributed by atoms with Crippen LogP contribution in [-0.2, 0) is 10.0 Å². The van der Waals surface area contributed by atoms with Crippen molar-refractivity contribution < 1.29 is 22.0 Å². The van der Waals surface area contributed by atoms with Crippen LogP contribution in [-0.4, -0.2) is 42.5 Å². The average Bonchev–Trinajstić information content (AvgIpc) is 2.64. The lowest BCUT2D eigenvalue weighted by Crippen LogP contribution is -2.73. The van der Waals surface area contributed by atoms with Gasteiger partial charge in [-0.25, -0.2) is 31.9 Å². The zero-order valence-corrected chi connectivity index (χ0v) is 16.1. The van der Waals surface area contributed by atoms with Crippen molar-refractivity contribution in [1.82, 2.24) is 14.7 Å². The Bertz CT molecular complexity index is 1090. The summed E-state index contributed by atoms with van der Waals surface area (Å²) in [7, 11) is -4.00. The third-order valence-corrected chi connectivity index (χ3v) is 6.41. The van der Waals surface area contributed by atoms with Crippen LogP contribution in [0, 0.1) is 5.82 Å². The maximum Gasteiger partial charge on any atom is 0.285 e. The molecule has 2 heterocycles. The third-order valence-electron chi connectivity index (χ3n) is 5.50. The summed E-state index contributed by atoms with van der Waals surface area (Å²) in [6.45, 7) is 3.28. The highest BCUT2D eigenvalue weighted by molar-refractivity contribution is 7.92. The van der Waals surface area contributed by atoms with Gasteiger partial charge in [-0.15, -0.1) is 0 Å². The Labute approximate surface area is 166 Å². The molecule has 2 fully saturated rings. The van der Waals surface area contributed by atoms with Crippen LogP contribution < -0.4 is 9.62 Å². The van der Waals surface area contributed by atoms with E-state index in [0.29, 0.717) is 29.6 Å². The summed E-state index contributed by atoms with van der Waals surface area (Å²) in [4.78, 5) is 22.7. The van der Waals surface area contributed by atoms with Gasteiger partial charge in [0.15, 0.2) is 5.82 Å². The number of halogens is 2. The molecule has 0 radical (unpaired) electrons. The smallest absolute Gasteiger partial charge is 0.285 e. The van der Waals surface area contributed by atoms with E-state index in [1.807, 2.05) is 9.62 Å². The van der Waals surface area contributed by atoms with E-state index in [9.17, 15) is 22.0 Å². The molecule has 1 saturated carbocycles. The second-order valence-electron chi connectivity index (χ2n) is 7.11. The molecule has 4 rings (SSSR count). The van der Waals surface area contributed by atoms with Crippen LogP contribution in [0.25, 0.3) is 11.3 Å². The molecule has 1 atom stereocenters. The van der Waals surface area contributed by atoms with Gasteiger partial charge in [-0.3, -0.25) is 4.79 Å². The normalized spacial score (nSPS) is 19.9. The first kappa shape index (κ1) is 19.4. The Hall–Kier alpha value is -2.88. The van der Waals surface area contributed by atoms with Gasteiger partial charge < -0.3 is 4.90 Å². The zero-order valence-electron chi connectivity index (χ0n) is 15.3. The fourth-order valence-corrected chi connectivity index (χ4v) is 4.15. The molecule has 1 aromatic heterocycles. The topological polar surface area (TPSA) is 92.3 Å². The summed E-state index contributed by atoms with van der Waals surface area (Å²) in [6.07, 6.45) is 2.47. The van der Waals surface area contributed by atoms with Crippen molar-refractivity contribution in [1.29, 1.82) is 0 Å². The van der Waals surface area contributed by atoms with Crippen LogP contribution in [0.5, 0.6) is 0 Å². The largest absolute Gasteiger partial charge is 0.343 e. The number of benzene rings is 1. The van der Waals surface area contributed by atoms with E-state index >= 15 is 0 Å². The van der Waals surface area contributed by atoms with Gasteiger partial charge in [-0.2, -0.15) is 0 Å². The van der Waals surface area contributed by atoms with Gasteiger partial charge in [-0.1, -0.05) is 6.58 Å². The number of carbonyl (C=O) groups excluding carboxylic acids is 1. The highest BCUT2D eigenvalue weighted by Crippen LogP contribution is 2.51. The van der Waals surface area contributed by atoms with Gasteiger partial charge in [0.2, 0.25) is 0 Å². The van der Waals surface area contributed by atoms with Gasteiger partial charge in [-0.05, 0) is 43.5 Å². The van der Waals surface area contributed by atoms with Crippen LogP contribution in [0.3, 0.4) is 0 Å². The molecule has 1 saturated heterocycles. The van der Waals surface area contributed by atoms with Crippen molar-refractivity contribution >= 4 is 21.7 Å². The molecule has 29 heavy (non-hydrogen) atoms. The molecule has 152 valence electrons. The van der Waals surface area contributed by atoms with Crippen molar-refractivity contribution in [3.8, 4) is 11.3 Å². The van der Waals surface area contributed by atoms with E-state index in [1.165, 1.54) is 24.3 Å². The Morgan fingerprint density at radius 2 is 2.00 bits per heavy atom. The molecule has 2 aliphatic rings. The van der Waals surface area contributed by atoms with Crippen molar-refractivity contribution in [2.24, 2.45) is 0 Å². The van der Waals surface area contributed by atoms with Crippen LogP contribution in [0.4, 0.5) is 14.6 Å². The quantitative estimate of drug-likeness (QED) is 0.799. The maximum absolute atomic E-state index is 14.3. The lowest BCUT2D eigenvalue weighted by Gasteiger charge is -2.61. The number of aromatic nitrogens is 2. The molecule has 10 heteroatoms. The first-order valence-corrected chi connectivity index (χ1v) is 10.5. The van der Waals surface area contributed by atoms with Crippen LogP contribution in [0.15, 0.2) is 42.4 Å².